The van der Waals surface area contributed by atoms with Gasteiger partial charge in [-0.25, -0.2) is 0 Å². The van der Waals surface area contributed by atoms with E-state index in [0.29, 0.717) is 6.54 Å². The van der Waals surface area contributed by atoms with Gasteiger partial charge in [-0.15, -0.1) is 0 Å². The van der Waals surface area contributed by atoms with Crippen LogP contribution in [0.3, 0.4) is 0 Å². The summed E-state index contributed by atoms with van der Waals surface area (Å²) in [6.45, 7) is 0.568. The smallest absolute Gasteiger partial charge is 0.303 e. The van der Waals surface area contributed by atoms with Crippen molar-refractivity contribution in [2.75, 3.05) is 6.54 Å². The van der Waals surface area contributed by atoms with Gasteiger partial charge in [0, 0.05) is 19.4 Å². The monoisotopic (exact) mass is 330 g/mol. The Bertz CT molecular complexity index is 360. The normalized spacial score (nSPS) is 11.9. The lowest BCUT2D eigenvalue weighted by Crippen LogP contribution is -2.41. The lowest BCUT2D eigenvalue weighted by Gasteiger charge is -2.11. The van der Waals surface area contributed by atoms with Gasteiger partial charge < -0.3 is 21.3 Å². The SMILES string of the molecule is N[C@@H](CCC(=O)O)C(=O)NCCCCCCCCCCC(=O)O. The second kappa shape index (κ2) is 14.0. The van der Waals surface area contributed by atoms with Gasteiger partial charge in [-0.05, 0) is 19.3 Å². The van der Waals surface area contributed by atoms with Gasteiger partial charge in [0.15, 0.2) is 0 Å². The molecule has 7 nitrogen and oxygen atoms in total. The van der Waals surface area contributed by atoms with Crippen LogP contribution >= 0.6 is 0 Å². The molecule has 0 saturated heterocycles. The Morgan fingerprint density at radius 3 is 1.78 bits per heavy atom. The van der Waals surface area contributed by atoms with E-state index in [1.165, 1.54) is 0 Å². The van der Waals surface area contributed by atoms with Crippen LogP contribution in [0.4, 0.5) is 0 Å². The highest BCUT2D eigenvalue weighted by Crippen LogP contribution is 2.09. The summed E-state index contributed by atoms with van der Waals surface area (Å²) < 4.78 is 0. The lowest BCUT2D eigenvalue weighted by atomic mass is 10.1. The van der Waals surface area contributed by atoms with Crippen LogP contribution in [0.1, 0.15) is 70.6 Å². The number of hydrogen-bond acceptors (Lipinski definition) is 4. The van der Waals surface area contributed by atoms with Crippen molar-refractivity contribution in [3.05, 3.63) is 0 Å². The van der Waals surface area contributed by atoms with Crippen LogP contribution in [-0.2, 0) is 14.4 Å². The van der Waals surface area contributed by atoms with Crippen LogP contribution in [0.2, 0.25) is 0 Å². The number of carbonyl (C=O) groups excluding carboxylic acids is 1. The first-order chi connectivity index (χ1) is 10.9. The van der Waals surface area contributed by atoms with Gasteiger partial charge >= 0.3 is 11.9 Å². The topological polar surface area (TPSA) is 130 Å². The molecule has 0 aliphatic heterocycles. The predicted molar refractivity (Wildman–Crippen MR) is 87.0 cm³/mol. The summed E-state index contributed by atoms with van der Waals surface area (Å²) in [5.41, 5.74) is 5.59. The quantitative estimate of drug-likeness (QED) is 0.339. The number of nitrogens with one attached hydrogen (secondary N) is 1. The fourth-order valence-corrected chi connectivity index (χ4v) is 2.21. The highest BCUT2D eigenvalue weighted by atomic mass is 16.4. The molecule has 0 saturated carbocycles. The van der Waals surface area contributed by atoms with E-state index in [0.717, 1.165) is 51.4 Å². The Labute approximate surface area is 137 Å². The van der Waals surface area contributed by atoms with Gasteiger partial charge in [0.25, 0.3) is 0 Å². The Morgan fingerprint density at radius 2 is 1.26 bits per heavy atom. The number of carboxylic acids is 2. The number of hydrogen-bond donors (Lipinski definition) is 4. The van der Waals surface area contributed by atoms with Crippen molar-refractivity contribution in [3.8, 4) is 0 Å². The number of nitrogens with two attached hydrogens (primary N) is 1. The molecule has 0 aliphatic carbocycles. The van der Waals surface area contributed by atoms with Crippen LogP contribution in [0.15, 0.2) is 0 Å². The van der Waals surface area contributed by atoms with Gasteiger partial charge in [-0.3, -0.25) is 14.4 Å². The summed E-state index contributed by atoms with van der Waals surface area (Å²) in [4.78, 5) is 32.3. The summed E-state index contributed by atoms with van der Waals surface area (Å²) >= 11 is 0. The molecule has 7 heteroatoms. The molecule has 0 radical (unpaired) electrons. The molecule has 0 aromatic rings. The highest BCUT2D eigenvalue weighted by Gasteiger charge is 2.13. The zero-order valence-corrected chi connectivity index (χ0v) is 13.8. The maximum Gasteiger partial charge on any atom is 0.303 e. The van der Waals surface area contributed by atoms with Crippen LogP contribution in [0, 0.1) is 0 Å². The molecule has 23 heavy (non-hydrogen) atoms. The Kier molecular flexibility index (Phi) is 13.0. The minimum Gasteiger partial charge on any atom is -0.481 e. The molecule has 0 spiro atoms. The van der Waals surface area contributed by atoms with E-state index in [4.69, 9.17) is 15.9 Å². The fourth-order valence-electron chi connectivity index (χ4n) is 2.21. The summed E-state index contributed by atoms with van der Waals surface area (Å²) in [6.07, 6.45) is 8.36. The Hall–Kier alpha value is -1.63. The third kappa shape index (κ3) is 15.1. The third-order valence-electron chi connectivity index (χ3n) is 3.62. The van der Waals surface area contributed by atoms with Crippen molar-refractivity contribution in [2.24, 2.45) is 5.73 Å². The van der Waals surface area contributed by atoms with E-state index in [9.17, 15) is 14.4 Å². The minimum absolute atomic E-state index is 0.0962. The van der Waals surface area contributed by atoms with Gasteiger partial charge in [-0.1, -0.05) is 38.5 Å². The summed E-state index contributed by atoms with van der Waals surface area (Å²) in [5, 5.41) is 19.7. The lowest BCUT2D eigenvalue weighted by molar-refractivity contribution is -0.138. The number of unbranched alkanes of at least 4 members (excludes halogenated alkanes) is 7. The van der Waals surface area contributed by atoms with Crippen LogP contribution in [0.5, 0.6) is 0 Å². The second-order valence-corrected chi connectivity index (χ2v) is 5.80. The second-order valence-electron chi connectivity index (χ2n) is 5.80. The molecule has 1 atom stereocenters. The fraction of sp³-hybridized carbons (Fsp3) is 0.812. The first-order valence-electron chi connectivity index (χ1n) is 8.40. The largest absolute Gasteiger partial charge is 0.481 e. The van der Waals surface area contributed by atoms with Crippen molar-refractivity contribution in [1.82, 2.24) is 5.32 Å². The number of carboxylic acid groups (broad SMARTS) is 2. The predicted octanol–water partition coefficient (Wildman–Crippen LogP) is 1.89. The zero-order valence-electron chi connectivity index (χ0n) is 13.8. The van der Waals surface area contributed by atoms with Crippen molar-refractivity contribution < 1.29 is 24.6 Å². The molecule has 0 aromatic heterocycles. The molecule has 5 N–H and O–H groups in total. The molecule has 1 amide bonds. The van der Waals surface area contributed by atoms with Crippen molar-refractivity contribution in [2.45, 2.75) is 76.7 Å². The third-order valence-corrected chi connectivity index (χ3v) is 3.62. The summed E-state index contributed by atoms with van der Waals surface area (Å²) in [6, 6.07) is -0.753. The van der Waals surface area contributed by atoms with Crippen LogP contribution in [-0.4, -0.2) is 40.6 Å². The number of amides is 1. The average molecular weight is 330 g/mol. The molecule has 134 valence electrons. The van der Waals surface area contributed by atoms with Gasteiger partial charge in [0.1, 0.15) is 0 Å². The maximum absolute atomic E-state index is 11.6. The summed E-state index contributed by atoms with van der Waals surface area (Å²) in [5.74, 6) is -1.96. The number of aliphatic carboxylic acids is 2. The first kappa shape index (κ1) is 21.4. The number of rotatable bonds is 15. The van der Waals surface area contributed by atoms with E-state index in [1.54, 1.807) is 0 Å². The Balaban J connectivity index is 3.33. The highest BCUT2D eigenvalue weighted by molar-refractivity contribution is 5.82. The molecule has 0 heterocycles. The van der Waals surface area contributed by atoms with Crippen LogP contribution in [0.25, 0.3) is 0 Å². The number of carbonyl (C=O) groups is 3. The molecular weight excluding hydrogens is 300 g/mol. The van der Waals surface area contributed by atoms with E-state index in [2.05, 4.69) is 5.32 Å². The maximum atomic E-state index is 11.6. The van der Waals surface area contributed by atoms with Gasteiger partial charge in [-0.2, -0.15) is 0 Å². The van der Waals surface area contributed by atoms with E-state index in [1.807, 2.05) is 0 Å². The Morgan fingerprint density at radius 1 is 0.783 bits per heavy atom. The molecule has 0 aromatic carbocycles. The molecule has 0 unspecified atom stereocenters. The van der Waals surface area contributed by atoms with Gasteiger partial charge in [0.2, 0.25) is 5.91 Å². The first-order valence-corrected chi connectivity index (χ1v) is 8.40. The molecular formula is C16H30N2O5. The minimum atomic E-state index is -0.948. The van der Waals surface area contributed by atoms with Gasteiger partial charge in [0.05, 0.1) is 6.04 Å². The van der Waals surface area contributed by atoms with E-state index >= 15 is 0 Å². The average Bonchev–Trinajstić information content (AvgIpc) is 2.49. The standard InChI is InChI=1S/C16H30N2O5/c17-13(10-11-15(21)22)16(23)18-12-8-6-4-2-1-3-5-7-9-14(19)20/h13H,1-12,17H2,(H,18,23)(H,19,20)(H,21,22)/t13-/m0/s1. The van der Waals surface area contributed by atoms with Crippen molar-refractivity contribution >= 4 is 17.8 Å². The van der Waals surface area contributed by atoms with E-state index < -0.39 is 18.0 Å². The van der Waals surface area contributed by atoms with Crippen molar-refractivity contribution in [3.63, 3.8) is 0 Å². The molecule has 0 bridgehead atoms. The molecule has 0 fully saturated rings. The van der Waals surface area contributed by atoms with Crippen LogP contribution < -0.4 is 11.1 Å². The summed E-state index contributed by atoms with van der Waals surface area (Å²) in [7, 11) is 0. The molecule has 0 aliphatic rings. The van der Waals surface area contributed by atoms with Crippen molar-refractivity contribution in [1.29, 1.82) is 0 Å². The molecule has 0 rings (SSSR count). The van der Waals surface area contributed by atoms with E-state index in [-0.39, 0.29) is 25.2 Å². The zero-order chi connectivity index (χ0) is 17.5.